The number of hydrogen-bond donors (Lipinski definition) is 1. The van der Waals surface area contributed by atoms with Gasteiger partial charge >= 0.3 is 0 Å². The van der Waals surface area contributed by atoms with E-state index in [4.69, 9.17) is 0 Å². The lowest BCUT2D eigenvalue weighted by Gasteiger charge is -2.25. The Morgan fingerprint density at radius 2 is 2.24 bits per heavy atom. The van der Waals surface area contributed by atoms with Gasteiger partial charge in [-0.25, -0.2) is 8.42 Å². The van der Waals surface area contributed by atoms with E-state index in [0.29, 0.717) is 18.1 Å². The average molecular weight is 260 g/mol. The van der Waals surface area contributed by atoms with Crippen LogP contribution in [0.1, 0.15) is 26.2 Å². The van der Waals surface area contributed by atoms with Gasteiger partial charge in [0.2, 0.25) is 0 Å². The molecule has 2 saturated heterocycles. The van der Waals surface area contributed by atoms with Gasteiger partial charge in [0.05, 0.1) is 11.5 Å². The maximum atomic E-state index is 11.5. The fourth-order valence-electron chi connectivity index (χ4n) is 2.84. The number of likely N-dealkylation sites (tertiary alicyclic amines) is 1. The quantitative estimate of drug-likeness (QED) is 0.799. The normalized spacial score (nSPS) is 33.9. The Morgan fingerprint density at radius 1 is 1.41 bits per heavy atom. The fraction of sp³-hybridized carbons (Fsp3) is 1.00. The van der Waals surface area contributed by atoms with Gasteiger partial charge in [-0.3, -0.25) is 0 Å². The van der Waals surface area contributed by atoms with Crippen molar-refractivity contribution >= 4 is 9.84 Å². The topological polar surface area (TPSA) is 49.4 Å². The van der Waals surface area contributed by atoms with Gasteiger partial charge in [-0.1, -0.05) is 13.3 Å². The summed E-state index contributed by atoms with van der Waals surface area (Å²) in [5, 5.41) is 3.32. The molecule has 0 amide bonds. The van der Waals surface area contributed by atoms with Gasteiger partial charge in [0.1, 0.15) is 0 Å². The van der Waals surface area contributed by atoms with Gasteiger partial charge in [-0.2, -0.15) is 0 Å². The highest BCUT2D eigenvalue weighted by atomic mass is 32.2. The zero-order valence-corrected chi connectivity index (χ0v) is 11.5. The highest BCUT2D eigenvalue weighted by Crippen LogP contribution is 2.19. The van der Waals surface area contributed by atoms with Crippen LogP contribution in [0.5, 0.6) is 0 Å². The molecule has 17 heavy (non-hydrogen) atoms. The summed E-state index contributed by atoms with van der Waals surface area (Å²) in [6.45, 7) is 6.33. The van der Waals surface area contributed by atoms with Crippen molar-refractivity contribution in [2.24, 2.45) is 5.92 Å². The average Bonchev–Trinajstić information content (AvgIpc) is 2.73. The summed E-state index contributed by atoms with van der Waals surface area (Å²) in [7, 11) is -2.77. The van der Waals surface area contributed by atoms with E-state index >= 15 is 0 Å². The van der Waals surface area contributed by atoms with Crippen molar-refractivity contribution in [3.05, 3.63) is 0 Å². The van der Waals surface area contributed by atoms with E-state index in [-0.39, 0.29) is 6.04 Å². The van der Waals surface area contributed by atoms with E-state index in [1.807, 2.05) is 0 Å². The molecular weight excluding hydrogens is 236 g/mol. The summed E-state index contributed by atoms with van der Waals surface area (Å²) in [5.41, 5.74) is 0. The van der Waals surface area contributed by atoms with Crippen molar-refractivity contribution in [1.82, 2.24) is 10.2 Å². The predicted octanol–water partition coefficient (Wildman–Crippen LogP) is 0.495. The first-order valence-electron chi connectivity index (χ1n) is 6.75. The first kappa shape index (κ1) is 13.3. The van der Waals surface area contributed by atoms with Gasteiger partial charge in [0, 0.05) is 19.1 Å². The number of nitrogens with one attached hydrogen (secondary N) is 1. The minimum atomic E-state index is -2.77. The van der Waals surface area contributed by atoms with E-state index in [2.05, 4.69) is 17.1 Å². The van der Waals surface area contributed by atoms with E-state index in [1.165, 1.54) is 25.9 Å². The highest BCUT2D eigenvalue weighted by molar-refractivity contribution is 7.91. The van der Waals surface area contributed by atoms with Crippen LogP contribution in [0.3, 0.4) is 0 Å². The Hall–Kier alpha value is -0.130. The number of nitrogens with zero attached hydrogens (tertiary/aromatic N) is 1. The lowest BCUT2D eigenvalue weighted by atomic mass is 10.1. The summed E-state index contributed by atoms with van der Waals surface area (Å²) in [5.74, 6) is 1.50. The number of hydrogen-bond acceptors (Lipinski definition) is 4. The molecule has 0 aromatic heterocycles. The molecule has 2 rings (SSSR count). The standard InChI is InChI=1S/C12H24N2O2S/c1-2-11-3-6-14(9-11)7-4-12-10-17(15,16)8-5-13-12/h11-13H,2-10H2,1H3. The molecule has 0 aromatic carbocycles. The molecule has 1 N–H and O–H groups in total. The Kier molecular flexibility index (Phi) is 4.44. The first-order chi connectivity index (χ1) is 8.09. The molecule has 2 unspecified atom stereocenters. The summed E-state index contributed by atoms with van der Waals surface area (Å²) >= 11 is 0. The highest BCUT2D eigenvalue weighted by Gasteiger charge is 2.26. The second-order valence-electron chi connectivity index (χ2n) is 5.42. The molecule has 0 aromatic rings. The molecule has 2 heterocycles. The minimum absolute atomic E-state index is 0.175. The molecule has 0 radical (unpaired) electrons. The van der Waals surface area contributed by atoms with Crippen molar-refractivity contribution in [3.63, 3.8) is 0 Å². The molecule has 2 aliphatic heterocycles. The van der Waals surface area contributed by atoms with Crippen LogP contribution >= 0.6 is 0 Å². The maximum absolute atomic E-state index is 11.5. The Morgan fingerprint density at radius 3 is 2.88 bits per heavy atom. The van der Waals surface area contributed by atoms with Crippen LogP contribution in [-0.4, -0.2) is 57.0 Å². The summed E-state index contributed by atoms with van der Waals surface area (Å²) in [6, 6.07) is 0.175. The van der Waals surface area contributed by atoms with Crippen molar-refractivity contribution in [2.75, 3.05) is 37.7 Å². The fourth-order valence-corrected chi connectivity index (χ4v) is 4.33. The van der Waals surface area contributed by atoms with Crippen molar-refractivity contribution < 1.29 is 8.42 Å². The second kappa shape index (κ2) is 5.67. The van der Waals surface area contributed by atoms with Crippen LogP contribution < -0.4 is 5.32 Å². The molecule has 0 saturated carbocycles. The van der Waals surface area contributed by atoms with Crippen LogP contribution in [0.25, 0.3) is 0 Å². The third-order valence-corrected chi connectivity index (χ3v) is 5.78. The van der Waals surface area contributed by atoms with Crippen molar-refractivity contribution in [2.45, 2.75) is 32.2 Å². The van der Waals surface area contributed by atoms with E-state index in [0.717, 1.165) is 18.9 Å². The molecule has 2 aliphatic rings. The van der Waals surface area contributed by atoms with Crippen LogP contribution in [0.4, 0.5) is 0 Å². The van der Waals surface area contributed by atoms with Gasteiger partial charge in [-0.15, -0.1) is 0 Å². The molecule has 4 nitrogen and oxygen atoms in total. The van der Waals surface area contributed by atoms with E-state index in [1.54, 1.807) is 0 Å². The minimum Gasteiger partial charge on any atom is -0.312 e. The first-order valence-corrected chi connectivity index (χ1v) is 8.57. The monoisotopic (exact) mass is 260 g/mol. The lowest BCUT2D eigenvalue weighted by Crippen LogP contribution is -2.46. The lowest BCUT2D eigenvalue weighted by molar-refractivity contribution is 0.301. The molecule has 2 atom stereocenters. The summed E-state index contributed by atoms with van der Waals surface area (Å²) in [6.07, 6.45) is 3.55. The summed E-state index contributed by atoms with van der Waals surface area (Å²) in [4.78, 5) is 2.48. The maximum Gasteiger partial charge on any atom is 0.153 e. The SMILES string of the molecule is CCC1CCN(CCC2CS(=O)(=O)CCN2)C1. The molecule has 0 spiro atoms. The molecule has 100 valence electrons. The zero-order valence-electron chi connectivity index (χ0n) is 10.7. The zero-order chi connectivity index (χ0) is 12.3. The van der Waals surface area contributed by atoms with E-state index in [9.17, 15) is 8.42 Å². The third kappa shape index (κ3) is 3.93. The molecule has 5 heteroatoms. The van der Waals surface area contributed by atoms with Crippen LogP contribution in [0, 0.1) is 5.92 Å². The van der Waals surface area contributed by atoms with Gasteiger partial charge < -0.3 is 10.2 Å². The summed E-state index contributed by atoms with van der Waals surface area (Å²) < 4.78 is 23.0. The predicted molar refractivity (Wildman–Crippen MR) is 69.9 cm³/mol. The molecule has 0 aliphatic carbocycles. The molecule has 0 bridgehead atoms. The Bertz CT molecular complexity index is 342. The third-order valence-electron chi connectivity index (χ3n) is 4.04. The van der Waals surface area contributed by atoms with Crippen molar-refractivity contribution in [1.29, 1.82) is 0 Å². The van der Waals surface area contributed by atoms with Crippen LogP contribution in [0.2, 0.25) is 0 Å². The van der Waals surface area contributed by atoms with Crippen molar-refractivity contribution in [3.8, 4) is 0 Å². The molecule has 2 fully saturated rings. The Balaban J connectivity index is 1.72. The van der Waals surface area contributed by atoms with Crippen LogP contribution in [0.15, 0.2) is 0 Å². The van der Waals surface area contributed by atoms with Gasteiger partial charge in [0.15, 0.2) is 9.84 Å². The molecular formula is C12H24N2O2S. The van der Waals surface area contributed by atoms with Crippen LogP contribution in [-0.2, 0) is 9.84 Å². The van der Waals surface area contributed by atoms with Gasteiger partial charge in [-0.05, 0) is 31.8 Å². The smallest absolute Gasteiger partial charge is 0.153 e. The second-order valence-corrected chi connectivity index (χ2v) is 7.65. The number of sulfone groups is 1. The van der Waals surface area contributed by atoms with E-state index < -0.39 is 9.84 Å². The largest absolute Gasteiger partial charge is 0.312 e. The Labute approximate surface area is 105 Å². The number of rotatable bonds is 4. The van der Waals surface area contributed by atoms with Gasteiger partial charge in [0.25, 0.3) is 0 Å².